The van der Waals surface area contributed by atoms with Crippen molar-refractivity contribution in [2.75, 3.05) is 13.1 Å². The van der Waals surface area contributed by atoms with E-state index in [0.29, 0.717) is 24.0 Å². The summed E-state index contributed by atoms with van der Waals surface area (Å²) in [5.41, 5.74) is 4.87. The summed E-state index contributed by atoms with van der Waals surface area (Å²) in [5.74, 6) is -0.932. The number of amides is 2. The average Bonchev–Trinajstić information content (AvgIpc) is 2.44. The Bertz CT molecular complexity index is 632. The molecular formula is C13H15BrClN3O3. The van der Waals surface area contributed by atoms with Gasteiger partial charge in [-0.05, 0) is 34.8 Å². The highest BCUT2D eigenvalue weighted by atomic mass is 79.9. The Hall–Kier alpha value is -1.34. The summed E-state index contributed by atoms with van der Waals surface area (Å²) >= 11 is 9.04. The maximum Gasteiger partial charge on any atom is 0.269 e. The molecule has 114 valence electrons. The van der Waals surface area contributed by atoms with Gasteiger partial charge in [0.05, 0.1) is 5.92 Å². The number of halogens is 2. The summed E-state index contributed by atoms with van der Waals surface area (Å²) in [6, 6.07) is 1.48. The maximum atomic E-state index is 12.3. The van der Waals surface area contributed by atoms with E-state index >= 15 is 0 Å². The van der Waals surface area contributed by atoms with E-state index in [2.05, 4.69) is 15.9 Å². The van der Waals surface area contributed by atoms with Crippen molar-refractivity contribution in [1.29, 1.82) is 0 Å². The smallest absolute Gasteiger partial charge is 0.269 e. The standard InChI is InChI=1S/C13H15BrClN3O3/c14-9-4-10(15)13(21)18(6-9)7-11(19)17-3-1-2-8(5-17)12(16)20/h4,6,8H,1-3,5,7H2,(H2,16,20)/t8-/m0/s1. The third-order valence-corrected chi connectivity index (χ3v) is 4.20. The van der Waals surface area contributed by atoms with Gasteiger partial charge in [0.25, 0.3) is 5.56 Å². The van der Waals surface area contributed by atoms with Gasteiger partial charge in [-0.1, -0.05) is 11.6 Å². The largest absolute Gasteiger partial charge is 0.369 e. The number of piperidine rings is 1. The summed E-state index contributed by atoms with van der Waals surface area (Å²) in [5, 5.41) is 0.0471. The van der Waals surface area contributed by atoms with Crippen LogP contribution in [0.5, 0.6) is 0 Å². The number of hydrogen-bond donors (Lipinski definition) is 1. The van der Waals surface area contributed by atoms with E-state index in [0.717, 1.165) is 6.42 Å². The fraction of sp³-hybridized carbons (Fsp3) is 0.462. The van der Waals surface area contributed by atoms with Crippen LogP contribution in [-0.4, -0.2) is 34.4 Å². The van der Waals surface area contributed by atoms with Gasteiger partial charge in [0.1, 0.15) is 11.6 Å². The summed E-state index contributed by atoms with van der Waals surface area (Å²) in [7, 11) is 0. The summed E-state index contributed by atoms with van der Waals surface area (Å²) < 4.78 is 1.87. The van der Waals surface area contributed by atoms with Crippen LogP contribution in [0.15, 0.2) is 21.5 Å². The van der Waals surface area contributed by atoms with Gasteiger partial charge in [0.15, 0.2) is 0 Å². The number of pyridine rings is 1. The number of carbonyl (C=O) groups is 2. The molecule has 0 saturated carbocycles. The minimum absolute atomic E-state index is 0.0471. The van der Waals surface area contributed by atoms with Gasteiger partial charge in [0, 0.05) is 23.8 Å². The van der Waals surface area contributed by atoms with Gasteiger partial charge < -0.3 is 15.2 Å². The van der Waals surface area contributed by atoms with Gasteiger partial charge >= 0.3 is 0 Å². The minimum atomic E-state index is -0.420. The van der Waals surface area contributed by atoms with Crippen molar-refractivity contribution in [3.05, 3.63) is 32.1 Å². The highest BCUT2D eigenvalue weighted by molar-refractivity contribution is 9.10. The van der Waals surface area contributed by atoms with E-state index in [1.165, 1.54) is 16.8 Å². The molecule has 1 aliphatic heterocycles. The van der Waals surface area contributed by atoms with Crippen molar-refractivity contribution in [3.63, 3.8) is 0 Å². The SMILES string of the molecule is NC(=O)[C@H]1CCCN(C(=O)Cn2cc(Br)cc(Cl)c2=O)C1. The van der Waals surface area contributed by atoms with E-state index in [4.69, 9.17) is 17.3 Å². The first-order valence-corrected chi connectivity index (χ1v) is 7.68. The van der Waals surface area contributed by atoms with E-state index in [-0.39, 0.29) is 23.4 Å². The molecule has 1 aromatic rings. The molecule has 0 spiro atoms. The minimum Gasteiger partial charge on any atom is -0.369 e. The van der Waals surface area contributed by atoms with E-state index in [9.17, 15) is 14.4 Å². The van der Waals surface area contributed by atoms with Crippen LogP contribution in [0.4, 0.5) is 0 Å². The maximum absolute atomic E-state index is 12.3. The molecule has 1 aliphatic rings. The summed E-state index contributed by atoms with van der Waals surface area (Å²) in [4.78, 5) is 36.9. The van der Waals surface area contributed by atoms with Crippen LogP contribution in [-0.2, 0) is 16.1 Å². The molecule has 2 amide bonds. The molecule has 1 saturated heterocycles. The van der Waals surface area contributed by atoms with Crippen molar-refractivity contribution in [1.82, 2.24) is 9.47 Å². The second kappa shape index (κ2) is 6.62. The second-order valence-electron chi connectivity index (χ2n) is 5.02. The molecule has 2 heterocycles. The summed E-state index contributed by atoms with van der Waals surface area (Å²) in [6.45, 7) is 0.771. The number of likely N-dealkylation sites (tertiary alicyclic amines) is 1. The van der Waals surface area contributed by atoms with Crippen molar-refractivity contribution < 1.29 is 9.59 Å². The lowest BCUT2D eigenvalue weighted by Crippen LogP contribution is -2.45. The van der Waals surface area contributed by atoms with Crippen molar-refractivity contribution >= 4 is 39.3 Å². The molecule has 0 bridgehead atoms. The molecular weight excluding hydrogens is 362 g/mol. The van der Waals surface area contributed by atoms with Crippen LogP contribution in [0.25, 0.3) is 0 Å². The molecule has 0 radical (unpaired) electrons. The molecule has 0 aliphatic carbocycles. The topological polar surface area (TPSA) is 85.4 Å². The molecule has 1 fully saturated rings. The first-order valence-electron chi connectivity index (χ1n) is 6.51. The predicted molar refractivity (Wildman–Crippen MR) is 81.9 cm³/mol. The van der Waals surface area contributed by atoms with Crippen LogP contribution in [0.3, 0.4) is 0 Å². The van der Waals surface area contributed by atoms with Crippen LogP contribution >= 0.6 is 27.5 Å². The van der Waals surface area contributed by atoms with Crippen molar-refractivity contribution in [3.8, 4) is 0 Å². The number of hydrogen-bond acceptors (Lipinski definition) is 3. The van der Waals surface area contributed by atoms with Gasteiger partial charge in [0.2, 0.25) is 11.8 Å². The average molecular weight is 377 g/mol. The van der Waals surface area contributed by atoms with Crippen LogP contribution in [0.1, 0.15) is 12.8 Å². The first kappa shape index (κ1) is 16.0. The molecule has 21 heavy (non-hydrogen) atoms. The fourth-order valence-corrected chi connectivity index (χ4v) is 3.20. The van der Waals surface area contributed by atoms with E-state index < -0.39 is 11.5 Å². The molecule has 0 aromatic carbocycles. The lowest BCUT2D eigenvalue weighted by Gasteiger charge is -2.31. The zero-order valence-corrected chi connectivity index (χ0v) is 13.6. The monoisotopic (exact) mass is 375 g/mol. The van der Waals surface area contributed by atoms with E-state index in [1.807, 2.05) is 0 Å². The van der Waals surface area contributed by atoms with Crippen LogP contribution < -0.4 is 11.3 Å². The fourth-order valence-electron chi connectivity index (χ4n) is 2.36. The van der Waals surface area contributed by atoms with Gasteiger partial charge in [-0.15, -0.1) is 0 Å². The number of rotatable bonds is 3. The Kier molecular flexibility index (Phi) is 5.05. The lowest BCUT2D eigenvalue weighted by atomic mass is 9.97. The quantitative estimate of drug-likeness (QED) is 0.853. The highest BCUT2D eigenvalue weighted by Gasteiger charge is 2.27. The Morgan fingerprint density at radius 2 is 2.19 bits per heavy atom. The molecule has 8 heteroatoms. The highest BCUT2D eigenvalue weighted by Crippen LogP contribution is 2.17. The van der Waals surface area contributed by atoms with Crippen molar-refractivity contribution in [2.24, 2.45) is 11.7 Å². The Morgan fingerprint density at radius 1 is 1.48 bits per heavy atom. The van der Waals surface area contributed by atoms with Gasteiger partial charge in [-0.3, -0.25) is 14.4 Å². The number of aromatic nitrogens is 1. The Labute approximate surface area is 135 Å². The van der Waals surface area contributed by atoms with Gasteiger partial charge in [-0.25, -0.2) is 0 Å². The Balaban J connectivity index is 2.11. The zero-order chi connectivity index (χ0) is 15.6. The molecule has 1 atom stereocenters. The van der Waals surface area contributed by atoms with Crippen molar-refractivity contribution in [2.45, 2.75) is 19.4 Å². The number of primary amides is 1. The third-order valence-electron chi connectivity index (χ3n) is 3.49. The number of nitrogens with two attached hydrogens (primary N) is 1. The third kappa shape index (κ3) is 3.85. The van der Waals surface area contributed by atoms with E-state index in [1.54, 1.807) is 4.90 Å². The number of nitrogens with zero attached hydrogens (tertiary/aromatic N) is 2. The summed E-state index contributed by atoms with van der Waals surface area (Å²) in [6.07, 6.45) is 2.94. The van der Waals surface area contributed by atoms with Gasteiger partial charge in [-0.2, -0.15) is 0 Å². The molecule has 2 N–H and O–H groups in total. The number of carbonyl (C=O) groups excluding carboxylic acids is 2. The Morgan fingerprint density at radius 3 is 2.86 bits per heavy atom. The first-order chi connectivity index (χ1) is 9.88. The molecule has 6 nitrogen and oxygen atoms in total. The zero-order valence-electron chi connectivity index (χ0n) is 11.2. The van der Waals surface area contributed by atoms with Crippen LogP contribution in [0.2, 0.25) is 5.02 Å². The normalized spacial score (nSPS) is 18.6. The predicted octanol–water partition coefficient (Wildman–Crippen LogP) is 0.988. The molecule has 1 aromatic heterocycles. The lowest BCUT2D eigenvalue weighted by molar-refractivity contribution is -0.135. The van der Waals surface area contributed by atoms with Crippen LogP contribution in [0, 0.1) is 5.92 Å². The molecule has 0 unspecified atom stereocenters. The molecule has 2 rings (SSSR count). The second-order valence-corrected chi connectivity index (χ2v) is 6.34.